The highest BCUT2D eigenvalue weighted by Crippen LogP contribution is 2.31. The van der Waals surface area contributed by atoms with Crippen LogP contribution in [0.4, 0.5) is 5.69 Å². The minimum atomic E-state index is -3.71. The molecule has 148 valence electrons. The van der Waals surface area contributed by atoms with Gasteiger partial charge in [-0.05, 0) is 60.6 Å². The number of carbonyl (C=O) groups is 1. The van der Waals surface area contributed by atoms with E-state index in [9.17, 15) is 13.2 Å². The molecule has 1 amide bonds. The molecule has 0 aromatic heterocycles. The van der Waals surface area contributed by atoms with Crippen LogP contribution < -0.4 is 15.4 Å². The first-order valence-electron chi connectivity index (χ1n) is 9.67. The van der Waals surface area contributed by atoms with Crippen LogP contribution in [0.15, 0.2) is 47.4 Å². The average molecular weight is 400 g/mol. The Balaban J connectivity index is 1.37. The number of amides is 1. The first-order valence-corrected chi connectivity index (χ1v) is 11.2. The van der Waals surface area contributed by atoms with Crippen LogP contribution in [0.1, 0.15) is 35.4 Å². The Hall–Kier alpha value is -2.38. The van der Waals surface area contributed by atoms with E-state index in [1.807, 2.05) is 4.90 Å². The third-order valence-electron chi connectivity index (χ3n) is 5.74. The van der Waals surface area contributed by atoms with Gasteiger partial charge in [-0.3, -0.25) is 4.79 Å². The second kappa shape index (κ2) is 7.56. The van der Waals surface area contributed by atoms with Crippen molar-refractivity contribution in [1.82, 2.24) is 5.32 Å². The van der Waals surface area contributed by atoms with Gasteiger partial charge in [0.05, 0.1) is 11.4 Å². The maximum absolute atomic E-state index is 12.5. The molecule has 4 rings (SSSR count). The fourth-order valence-electron chi connectivity index (χ4n) is 4.32. The normalized spacial score (nSPS) is 18.5. The van der Waals surface area contributed by atoms with Crippen molar-refractivity contribution in [3.8, 4) is 0 Å². The second-order valence-corrected chi connectivity index (χ2v) is 9.16. The molecule has 7 heteroatoms. The van der Waals surface area contributed by atoms with E-state index in [-0.39, 0.29) is 17.3 Å². The predicted molar refractivity (Wildman–Crippen MR) is 109 cm³/mol. The fraction of sp³-hybridized carbons (Fsp3) is 0.381. The Bertz CT molecular complexity index is 1000. The van der Waals surface area contributed by atoms with E-state index in [2.05, 4.69) is 29.6 Å². The number of primary sulfonamides is 1. The van der Waals surface area contributed by atoms with Gasteiger partial charge in [0.2, 0.25) is 15.9 Å². The first-order chi connectivity index (χ1) is 13.4. The number of nitrogens with two attached hydrogens (primary N) is 1. The maximum atomic E-state index is 12.5. The van der Waals surface area contributed by atoms with Crippen molar-refractivity contribution in [2.24, 2.45) is 5.14 Å². The summed E-state index contributed by atoms with van der Waals surface area (Å²) in [5, 5.41) is 8.30. The summed E-state index contributed by atoms with van der Waals surface area (Å²) in [6.07, 6.45) is 4.08. The molecule has 0 saturated carbocycles. The molecule has 1 heterocycles. The molecule has 2 aromatic rings. The van der Waals surface area contributed by atoms with Crippen molar-refractivity contribution in [3.63, 3.8) is 0 Å². The number of anilines is 1. The van der Waals surface area contributed by atoms with Crippen molar-refractivity contribution < 1.29 is 13.2 Å². The Morgan fingerprint density at radius 3 is 2.79 bits per heavy atom. The molecular weight excluding hydrogens is 374 g/mol. The molecule has 3 N–H and O–H groups in total. The third kappa shape index (κ3) is 3.91. The van der Waals surface area contributed by atoms with Crippen LogP contribution >= 0.6 is 0 Å². The lowest BCUT2D eigenvalue weighted by Gasteiger charge is -2.26. The van der Waals surface area contributed by atoms with E-state index in [0.29, 0.717) is 25.4 Å². The van der Waals surface area contributed by atoms with Gasteiger partial charge in [0.1, 0.15) is 0 Å². The molecule has 2 aliphatic rings. The standard InChI is InChI=1S/C21H25N3O3S/c22-28(26,27)18-8-9-20-16(12-18)10-11-24(20)14-21(25)23-13-17-6-3-5-15-4-1-2-7-19(15)17/h1-2,4,7-9,12,17H,3,5-6,10-11,13-14H2,(H,23,25)(H2,22,26,27)/t17-/m0/s1. The monoisotopic (exact) mass is 399 g/mol. The minimum absolute atomic E-state index is 0.00794. The summed E-state index contributed by atoms with van der Waals surface area (Å²) in [6.45, 7) is 1.63. The molecule has 0 saturated heterocycles. The van der Waals surface area contributed by atoms with E-state index in [4.69, 9.17) is 5.14 Å². The number of nitrogens with one attached hydrogen (secondary N) is 1. The van der Waals surface area contributed by atoms with E-state index in [0.717, 1.165) is 30.5 Å². The van der Waals surface area contributed by atoms with E-state index < -0.39 is 10.0 Å². The van der Waals surface area contributed by atoms with Gasteiger partial charge in [0.15, 0.2) is 0 Å². The number of carbonyl (C=O) groups excluding carboxylic acids is 1. The van der Waals surface area contributed by atoms with Crippen LogP contribution in [0.25, 0.3) is 0 Å². The Labute approximate surface area is 165 Å². The zero-order valence-electron chi connectivity index (χ0n) is 15.7. The number of nitrogens with zero attached hydrogens (tertiary/aromatic N) is 1. The van der Waals surface area contributed by atoms with Gasteiger partial charge >= 0.3 is 0 Å². The van der Waals surface area contributed by atoms with Crippen molar-refractivity contribution in [2.75, 3.05) is 24.5 Å². The smallest absolute Gasteiger partial charge is 0.239 e. The maximum Gasteiger partial charge on any atom is 0.239 e. The number of sulfonamides is 1. The van der Waals surface area contributed by atoms with Crippen LogP contribution in [0.5, 0.6) is 0 Å². The van der Waals surface area contributed by atoms with Crippen molar-refractivity contribution in [2.45, 2.75) is 36.5 Å². The molecular formula is C21H25N3O3S. The van der Waals surface area contributed by atoms with Crippen LogP contribution in [0, 0.1) is 0 Å². The average Bonchev–Trinajstić information content (AvgIpc) is 3.08. The number of rotatable bonds is 5. The van der Waals surface area contributed by atoms with E-state index in [1.165, 1.54) is 17.2 Å². The highest BCUT2D eigenvalue weighted by molar-refractivity contribution is 7.89. The highest BCUT2D eigenvalue weighted by Gasteiger charge is 2.24. The zero-order chi connectivity index (χ0) is 19.7. The van der Waals surface area contributed by atoms with Gasteiger partial charge in [-0.15, -0.1) is 0 Å². The van der Waals surface area contributed by atoms with Gasteiger partial charge in [0.25, 0.3) is 0 Å². The van der Waals surface area contributed by atoms with Crippen molar-refractivity contribution in [1.29, 1.82) is 0 Å². The Morgan fingerprint density at radius 1 is 1.14 bits per heavy atom. The third-order valence-corrected chi connectivity index (χ3v) is 6.66. The SMILES string of the molecule is NS(=O)(=O)c1ccc2c(c1)CCN2CC(=O)NC[C@@H]1CCCc2ccccc21. The minimum Gasteiger partial charge on any atom is -0.362 e. The van der Waals surface area contributed by atoms with Crippen LogP contribution in [-0.2, 0) is 27.7 Å². The van der Waals surface area contributed by atoms with Gasteiger partial charge in [-0.25, -0.2) is 13.6 Å². The van der Waals surface area contributed by atoms with E-state index >= 15 is 0 Å². The quantitative estimate of drug-likeness (QED) is 0.804. The van der Waals surface area contributed by atoms with Crippen LogP contribution in [0.2, 0.25) is 0 Å². The summed E-state index contributed by atoms with van der Waals surface area (Å²) in [6, 6.07) is 13.4. The molecule has 0 bridgehead atoms. The topological polar surface area (TPSA) is 92.5 Å². The van der Waals surface area contributed by atoms with E-state index in [1.54, 1.807) is 12.1 Å². The van der Waals surface area contributed by atoms with Gasteiger partial charge in [-0.2, -0.15) is 0 Å². The van der Waals surface area contributed by atoms with Gasteiger partial charge in [0, 0.05) is 24.7 Å². The number of hydrogen-bond donors (Lipinski definition) is 2. The first kappa shape index (κ1) is 19.0. The Morgan fingerprint density at radius 2 is 1.96 bits per heavy atom. The van der Waals surface area contributed by atoms with Gasteiger partial charge < -0.3 is 10.2 Å². The molecule has 1 aliphatic heterocycles. The zero-order valence-corrected chi connectivity index (χ0v) is 16.5. The summed E-state index contributed by atoms with van der Waals surface area (Å²) in [5.41, 5.74) is 4.58. The number of fused-ring (bicyclic) bond motifs is 2. The molecule has 0 spiro atoms. The summed E-state index contributed by atoms with van der Waals surface area (Å²) < 4.78 is 23.0. The highest BCUT2D eigenvalue weighted by atomic mass is 32.2. The number of benzene rings is 2. The molecule has 0 fully saturated rings. The molecule has 0 radical (unpaired) electrons. The molecule has 1 aliphatic carbocycles. The lowest BCUT2D eigenvalue weighted by Crippen LogP contribution is -2.38. The summed E-state index contributed by atoms with van der Waals surface area (Å²) >= 11 is 0. The van der Waals surface area contributed by atoms with Crippen LogP contribution in [0.3, 0.4) is 0 Å². The molecule has 6 nitrogen and oxygen atoms in total. The fourth-order valence-corrected chi connectivity index (χ4v) is 4.88. The van der Waals surface area contributed by atoms with Crippen molar-refractivity contribution >= 4 is 21.6 Å². The predicted octanol–water partition coefficient (Wildman–Crippen LogP) is 1.93. The molecule has 28 heavy (non-hydrogen) atoms. The van der Waals surface area contributed by atoms with Crippen molar-refractivity contribution in [3.05, 3.63) is 59.2 Å². The molecule has 1 atom stereocenters. The summed E-state index contributed by atoms with van der Waals surface area (Å²) in [5.74, 6) is 0.364. The summed E-state index contributed by atoms with van der Waals surface area (Å²) in [4.78, 5) is 14.6. The lowest BCUT2D eigenvalue weighted by atomic mass is 9.83. The lowest BCUT2D eigenvalue weighted by molar-refractivity contribution is -0.119. The second-order valence-electron chi connectivity index (χ2n) is 7.60. The Kier molecular flexibility index (Phi) is 5.12. The molecule has 2 aromatic carbocycles. The number of hydrogen-bond acceptors (Lipinski definition) is 4. The van der Waals surface area contributed by atoms with Crippen LogP contribution in [-0.4, -0.2) is 34.0 Å². The van der Waals surface area contributed by atoms with Gasteiger partial charge in [-0.1, -0.05) is 24.3 Å². The summed E-state index contributed by atoms with van der Waals surface area (Å²) in [7, 11) is -3.71. The largest absolute Gasteiger partial charge is 0.362 e. The number of aryl methyl sites for hydroxylation is 1. The molecule has 0 unspecified atom stereocenters.